The molecule has 2 atom stereocenters. The first kappa shape index (κ1) is 43.2. The Labute approximate surface area is 312 Å². The highest BCUT2D eigenvalue weighted by Crippen LogP contribution is 2.52. The molecule has 2 saturated heterocycles. The smallest absolute Gasteiger partial charge is 0.169 e. The highest BCUT2D eigenvalue weighted by atomic mass is 16.8. The molecular weight excluding hydrogens is 611 g/mol. The van der Waals surface area contributed by atoms with Gasteiger partial charge < -0.3 is 14.4 Å². The summed E-state index contributed by atoms with van der Waals surface area (Å²) in [5.74, 6) is -0.265. The van der Waals surface area contributed by atoms with Crippen molar-refractivity contribution in [2.24, 2.45) is 5.41 Å². The van der Waals surface area contributed by atoms with E-state index in [0.717, 1.165) is 38.8 Å². The molecule has 3 fully saturated rings. The molecule has 0 bridgehead atoms. The molecule has 0 aromatic heterocycles. The van der Waals surface area contributed by atoms with E-state index in [4.69, 9.17) is 9.47 Å². The first-order chi connectivity index (χ1) is 24.6. The average Bonchev–Trinajstić information content (AvgIpc) is 3.62. The van der Waals surface area contributed by atoms with Gasteiger partial charge in [0, 0.05) is 25.9 Å². The molecular formula is C47H83NO2. The quantitative estimate of drug-likeness (QED) is 0.0552. The van der Waals surface area contributed by atoms with Crippen LogP contribution in [0, 0.1) is 5.41 Å². The molecule has 2 aliphatic heterocycles. The van der Waals surface area contributed by atoms with Gasteiger partial charge in [0.15, 0.2) is 5.79 Å². The van der Waals surface area contributed by atoms with E-state index in [-0.39, 0.29) is 5.79 Å². The Morgan fingerprint density at radius 3 is 1.22 bits per heavy atom. The van der Waals surface area contributed by atoms with Crippen molar-refractivity contribution >= 4 is 0 Å². The van der Waals surface area contributed by atoms with E-state index in [0.29, 0.717) is 17.6 Å². The maximum absolute atomic E-state index is 6.67. The van der Waals surface area contributed by atoms with Crippen LogP contribution < -0.4 is 0 Å². The number of rotatable bonds is 30. The Morgan fingerprint density at radius 1 is 0.460 bits per heavy atom. The summed E-state index contributed by atoms with van der Waals surface area (Å²) in [4.78, 5) is 2.37. The highest BCUT2D eigenvalue weighted by Gasteiger charge is 2.53. The summed E-state index contributed by atoms with van der Waals surface area (Å²) in [5.41, 5.74) is 0.525. The van der Waals surface area contributed by atoms with Gasteiger partial charge in [0.25, 0.3) is 0 Å². The average molecular weight is 694 g/mol. The fraction of sp³-hybridized carbons (Fsp3) is 0.830. The lowest BCUT2D eigenvalue weighted by atomic mass is 9.66. The van der Waals surface area contributed by atoms with Crippen LogP contribution >= 0.6 is 0 Å². The van der Waals surface area contributed by atoms with Gasteiger partial charge in [-0.1, -0.05) is 152 Å². The van der Waals surface area contributed by atoms with Crippen LogP contribution in [0.25, 0.3) is 0 Å². The van der Waals surface area contributed by atoms with E-state index in [2.05, 4.69) is 74.4 Å². The Morgan fingerprint density at radius 2 is 0.820 bits per heavy atom. The minimum Gasteiger partial charge on any atom is -0.343 e. The summed E-state index contributed by atoms with van der Waals surface area (Å²) in [6, 6.07) is 0. The molecule has 0 aromatic rings. The van der Waals surface area contributed by atoms with Gasteiger partial charge in [0.1, 0.15) is 12.2 Å². The van der Waals surface area contributed by atoms with Crippen molar-refractivity contribution in [3.63, 3.8) is 0 Å². The molecule has 3 heteroatoms. The molecule has 0 radical (unpaired) electrons. The van der Waals surface area contributed by atoms with E-state index < -0.39 is 0 Å². The van der Waals surface area contributed by atoms with Crippen molar-refractivity contribution < 1.29 is 9.47 Å². The lowest BCUT2D eigenvalue weighted by Gasteiger charge is -2.45. The number of fused-ring (bicyclic) bond motifs is 1. The highest BCUT2D eigenvalue weighted by molar-refractivity contribution is 4.98. The van der Waals surface area contributed by atoms with E-state index in [9.17, 15) is 0 Å². The van der Waals surface area contributed by atoms with E-state index in [1.54, 1.807) is 0 Å². The molecule has 1 aliphatic carbocycles. The zero-order valence-electron chi connectivity index (χ0n) is 33.7. The fourth-order valence-electron chi connectivity index (χ4n) is 8.73. The summed E-state index contributed by atoms with van der Waals surface area (Å²) in [7, 11) is 2.20. The molecule has 0 N–H and O–H groups in total. The third-order valence-electron chi connectivity index (χ3n) is 12.0. The number of allylic oxidation sites excluding steroid dienone is 8. The second-order valence-corrected chi connectivity index (χ2v) is 16.6. The van der Waals surface area contributed by atoms with Gasteiger partial charge >= 0.3 is 0 Å². The minimum absolute atomic E-state index is 0.265. The third kappa shape index (κ3) is 18.6. The maximum Gasteiger partial charge on any atom is 0.169 e. The molecule has 1 spiro atoms. The van der Waals surface area contributed by atoms with Gasteiger partial charge in [-0.15, -0.1) is 0 Å². The Balaban J connectivity index is 1.26. The Kier molecular flexibility index (Phi) is 23.7. The largest absolute Gasteiger partial charge is 0.343 e. The third-order valence-corrected chi connectivity index (χ3v) is 12.0. The summed E-state index contributed by atoms with van der Waals surface area (Å²) in [6.45, 7) is 6.63. The van der Waals surface area contributed by atoms with Gasteiger partial charge in [-0.05, 0) is 102 Å². The maximum atomic E-state index is 6.67. The van der Waals surface area contributed by atoms with E-state index >= 15 is 0 Å². The summed E-state index contributed by atoms with van der Waals surface area (Å²) in [5, 5.41) is 0. The Bertz CT molecular complexity index is 859. The fourth-order valence-corrected chi connectivity index (χ4v) is 8.73. The van der Waals surface area contributed by atoms with E-state index in [1.165, 1.54) is 167 Å². The minimum atomic E-state index is -0.265. The zero-order chi connectivity index (χ0) is 35.4. The predicted octanol–water partition coefficient (Wildman–Crippen LogP) is 14.4. The van der Waals surface area contributed by atoms with Gasteiger partial charge in [0.05, 0.1) is 0 Å². The van der Waals surface area contributed by atoms with Gasteiger partial charge in [-0.3, -0.25) is 0 Å². The molecule has 3 nitrogen and oxygen atoms in total. The SMILES string of the molecule is CCCCC/C=C\C/C=C\CCCCCCCCC1(CCCCCCCC/C=C\C/C=C\CCCCC)CCC2(CC1)O[C@H]1CN(C)C[C@@H]1O2. The van der Waals surface area contributed by atoms with Crippen LogP contribution in [0.15, 0.2) is 48.6 Å². The second kappa shape index (κ2) is 27.4. The van der Waals surface area contributed by atoms with Crippen molar-refractivity contribution in [2.45, 2.75) is 224 Å². The van der Waals surface area contributed by atoms with Crippen molar-refractivity contribution in [1.29, 1.82) is 0 Å². The lowest BCUT2D eigenvalue weighted by Crippen LogP contribution is -2.42. The summed E-state index contributed by atoms with van der Waals surface area (Å²) >= 11 is 0. The topological polar surface area (TPSA) is 21.7 Å². The lowest BCUT2D eigenvalue weighted by molar-refractivity contribution is -0.214. The van der Waals surface area contributed by atoms with Gasteiger partial charge in [-0.2, -0.15) is 0 Å². The molecule has 50 heavy (non-hydrogen) atoms. The number of likely N-dealkylation sites (N-methyl/N-ethyl adjacent to an activating group) is 1. The molecule has 288 valence electrons. The number of hydrogen-bond donors (Lipinski definition) is 0. The van der Waals surface area contributed by atoms with E-state index in [1.807, 2.05) is 0 Å². The van der Waals surface area contributed by atoms with Crippen LogP contribution in [0.2, 0.25) is 0 Å². The molecule has 0 unspecified atom stereocenters. The second-order valence-electron chi connectivity index (χ2n) is 16.6. The molecule has 1 saturated carbocycles. The van der Waals surface area contributed by atoms with Crippen molar-refractivity contribution in [1.82, 2.24) is 4.90 Å². The van der Waals surface area contributed by atoms with Crippen molar-refractivity contribution in [3.05, 3.63) is 48.6 Å². The summed E-state index contributed by atoms with van der Waals surface area (Å²) in [6.07, 6.45) is 59.4. The van der Waals surface area contributed by atoms with Crippen molar-refractivity contribution in [2.75, 3.05) is 20.1 Å². The normalized spacial score (nSPS) is 22.1. The Hall–Kier alpha value is -1.16. The molecule has 3 rings (SSSR count). The van der Waals surface area contributed by atoms with Crippen LogP contribution in [-0.4, -0.2) is 43.0 Å². The van der Waals surface area contributed by atoms with Crippen LogP contribution in [0.4, 0.5) is 0 Å². The predicted molar refractivity (Wildman–Crippen MR) is 219 cm³/mol. The first-order valence-corrected chi connectivity index (χ1v) is 22.2. The zero-order valence-corrected chi connectivity index (χ0v) is 33.7. The number of likely N-dealkylation sites (tertiary alicyclic amines) is 1. The van der Waals surface area contributed by atoms with Gasteiger partial charge in [0.2, 0.25) is 0 Å². The standard InChI is InChI=1S/C47H83NO2/c1-4-6-8-10-12-14-16-18-20-22-24-26-28-30-32-34-36-46(38-40-47(41-39-46)49-44-42-48(3)43-45(44)50-47)37-35-33-31-29-27-25-23-21-19-17-15-13-11-9-7-5-2/h12-15,18-21,44-45H,4-11,16-17,22-43H2,1-3H3/b14-12-,15-13-,20-18-,21-19-/t44-,45-/m0/s1. The molecule has 3 aliphatic rings. The number of nitrogens with zero attached hydrogens (tertiary/aromatic N) is 1. The number of hydrogen-bond acceptors (Lipinski definition) is 3. The number of ether oxygens (including phenoxy) is 2. The van der Waals surface area contributed by atoms with Gasteiger partial charge in [-0.25, -0.2) is 0 Å². The first-order valence-electron chi connectivity index (χ1n) is 22.2. The van der Waals surface area contributed by atoms with Crippen LogP contribution in [-0.2, 0) is 9.47 Å². The monoisotopic (exact) mass is 694 g/mol. The number of unbranched alkanes of at least 4 members (excludes halogenated alkanes) is 18. The molecule has 0 aromatic carbocycles. The van der Waals surface area contributed by atoms with Crippen molar-refractivity contribution in [3.8, 4) is 0 Å². The van der Waals surface area contributed by atoms with Crippen LogP contribution in [0.1, 0.15) is 206 Å². The molecule has 2 heterocycles. The van der Waals surface area contributed by atoms with Crippen LogP contribution in [0.3, 0.4) is 0 Å². The van der Waals surface area contributed by atoms with Crippen LogP contribution in [0.5, 0.6) is 0 Å². The summed E-state index contributed by atoms with van der Waals surface area (Å²) < 4.78 is 13.3. The molecule has 0 amide bonds.